The zero-order valence-corrected chi connectivity index (χ0v) is 12.7. The molecule has 2 aromatic carbocycles. The van der Waals surface area contributed by atoms with Gasteiger partial charge in [0.1, 0.15) is 10.8 Å². The van der Waals surface area contributed by atoms with Gasteiger partial charge in [-0.3, -0.25) is 0 Å². The van der Waals surface area contributed by atoms with Gasteiger partial charge in [-0.05, 0) is 48.0 Å². The number of phenolic OH excluding ortho intramolecular Hbond substituents is 1. The molecule has 0 bridgehead atoms. The number of phenols is 1. The first kappa shape index (κ1) is 14.6. The number of benzene rings is 2. The lowest BCUT2D eigenvalue weighted by molar-refractivity contribution is 0.475. The smallest absolute Gasteiger partial charge is 0.259 e. The van der Waals surface area contributed by atoms with Crippen molar-refractivity contribution in [2.45, 2.75) is 0 Å². The average molecular weight is 333 g/mol. The predicted molar refractivity (Wildman–Crippen MR) is 86.6 cm³/mol. The lowest BCUT2D eigenvalue weighted by Gasteiger charge is -1.96. The van der Waals surface area contributed by atoms with E-state index in [9.17, 15) is 5.11 Å². The molecule has 0 aliphatic rings. The van der Waals surface area contributed by atoms with E-state index in [1.165, 1.54) is 0 Å². The van der Waals surface area contributed by atoms with E-state index in [0.29, 0.717) is 15.9 Å². The fraction of sp³-hybridized carbons (Fsp3) is 0. The number of rotatable bonds is 3. The molecule has 110 valence electrons. The fourth-order valence-corrected chi connectivity index (χ4v) is 2.18. The first-order valence-electron chi connectivity index (χ1n) is 6.38. The molecule has 0 saturated carbocycles. The second kappa shape index (κ2) is 6.22. The molecule has 6 heteroatoms. The van der Waals surface area contributed by atoms with Crippen molar-refractivity contribution < 1.29 is 9.52 Å². The Morgan fingerprint density at radius 2 is 1.86 bits per heavy atom. The number of aromatic hydroxyl groups is 1. The summed E-state index contributed by atoms with van der Waals surface area (Å²) in [6.45, 7) is 0. The molecule has 0 spiro atoms. The van der Waals surface area contributed by atoms with Crippen LogP contribution in [0.5, 0.6) is 5.75 Å². The van der Waals surface area contributed by atoms with Crippen molar-refractivity contribution in [3.63, 3.8) is 0 Å². The number of hydrogen-bond donors (Lipinski definition) is 1. The topological polar surface area (TPSA) is 59.2 Å². The third-order valence-corrected chi connectivity index (χ3v) is 3.41. The summed E-state index contributed by atoms with van der Waals surface area (Å²) in [5.74, 6) is 0.717. The molecule has 0 fully saturated rings. The molecule has 0 atom stereocenters. The average Bonchev–Trinajstić information content (AvgIpc) is 2.98. The number of aromatic nitrogens is 2. The Labute approximate surface area is 136 Å². The van der Waals surface area contributed by atoms with Crippen LogP contribution >= 0.6 is 23.2 Å². The van der Waals surface area contributed by atoms with Gasteiger partial charge in [-0.2, -0.15) is 0 Å². The Morgan fingerprint density at radius 3 is 2.59 bits per heavy atom. The maximum Gasteiger partial charge on any atom is 0.259 e. The van der Waals surface area contributed by atoms with Gasteiger partial charge >= 0.3 is 0 Å². The zero-order chi connectivity index (χ0) is 15.5. The Hall–Kier alpha value is -2.30. The molecule has 1 heterocycles. The Kier molecular flexibility index (Phi) is 4.13. The van der Waals surface area contributed by atoms with Crippen LogP contribution in [0, 0.1) is 0 Å². The normalized spacial score (nSPS) is 11.6. The first-order chi connectivity index (χ1) is 10.6. The third-order valence-electron chi connectivity index (χ3n) is 2.88. The van der Waals surface area contributed by atoms with Crippen LogP contribution in [0.3, 0.4) is 0 Å². The summed E-state index contributed by atoms with van der Waals surface area (Å²) >= 11 is 12.0. The summed E-state index contributed by atoms with van der Waals surface area (Å²) in [6.07, 6.45) is 1.64. The fourth-order valence-electron chi connectivity index (χ4n) is 1.85. The molecule has 0 saturated heterocycles. The van der Waals surface area contributed by atoms with E-state index in [-0.39, 0.29) is 11.6 Å². The number of nitrogens with zero attached hydrogens (tertiary/aromatic N) is 2. The van der Waals surface area contributed by atoms with Crippen molar-refractivity contribution in [3.05, 3.63) is 65.0 Å². The lowest BCUT2D eigenvalue weighted by atomic mass is 10.2. The van der Waals surface area contributed by atoms with Crippen LogP contribution in [0.15, 0.2) is 52.9 Å². The second-order valence-corrected chi connectivity index (χ2v) is 5.35. The van der Waals surface area contributed by atoms with E-state index in [4.69, 9.17) is 27.6 Å². The van der Waals surface area contributed by atoms with E-state index < -0.39 is 0 Å². The highest BCUT2D eigenvalue weighted by molar-refractivity contribution is 6.50. The van der Waals surface area contributed by atoms with Crippen LogP contribution in [0.2, 0.25) is 5.02 Å². The quantitative estimate of drug-likeness (QED) is 0.746. The minimum Gasteiger partial charge on any atom is -0.508 e. The highest BCUT2D eigenvalue weighted by Gasteiger charge is 2.11. The minimum atomic E-state index is 0.158. The highest BCUT2D eigenvalue weighted by atomic mass is 35.5. The van der Waals surface area contributed by atoms with Gasteiger partial charge in [0.2, 0.25) is 5.89 Å². The SMILES string of the molecule is Oc1cccc(/C=C(\Cl)c2nnc(-c3ccc(Cl)cc3)o2)c1. The van der Waals surface area contributed by atoms with Crippen LogP contribution in [0.4, 0.5) is 0 Å². The molecule has 1 N–H and O–H groups in total. The van der Waals surface area contributed by atoms with Gasteiger partial charge in [-0.25, -0.2) is 0 Å². The molecule has 0 aliphatic carbocycles. The second-order valence-electron chi connectivity index (χ2n) is 4.51. The molecule has 22 heavy (non-hydrogen) atoms. The number of hydrogen-bond acceptors (Lipinski definition) is 4. The van der Waals surface area contributed by atoms with Gasteiger partial charge in [0.05, 0.1) is 0 Å². The van der Waals surface area contributed by atoms with Crippen LogP contribution in [0.25, 0.3) is 22.6 Å². The summed E-state index contributed by atoms with van der Waals surface area (Å²) < 4.78 is 5.55. The molecular formula is C16H10Cl2N2O2. The number of halogens is 2. The van der Waals surface area contributed by atoms with Gasteiger partial charge in [0.25, 0.3) is 5.89 Å². The molecule has 0 radical (unpaired) electrons. The van der Waals surface area contributed by atoms with Crippen molar-refractivity contribution in [2.75, 3.05) is 0 Å². The molecule has 0 aliphatic heterocycles. The summed E-state index contributed by atoms with van der Waals surface area (Å²) in [7, 11) is 0. The van der Waals surface area contributed by atoms with Crippen LogP contribution < -0.4 is 0 Å². The van der Waals surface area contributed by atoms with Gasteiger partial charge in [-0.1, -0.05) is 35.3 Å². The van der Waals surface area contributed by atoms with Crippen molar-refractivity contribution in [2.24, 2.45) is 0 Å². The highest BCUT2D eigenvalue weighted by Crippen LogP contribution is 2.26. The van der Waals surface area contributed by atoms with Gasteiger partial charge in [-0.15, -0.1) is 10.2 Å². The third kappa shape index (κ3) is 3.30. The molecule has 0 amide bonds. The van der Waals surface area contributed by atoms with Crippen LogP contribution in [-0.4, -0.2) is 15.3 Å². The monoisotopic (exact) mass is 332 g/mol. The van der Waals surface area contributed by atoms with Crippen molar-refractivity contribution >= 4 is 34.3 Å². The molecule has 1 aromatic heterocycles. The summed E-state index contributed by atoms with van der Waals surface area (Å²) in [6, 6.07) is 13.7. The van der Waals surface area contributed by atoms with Crippen LogP contribution in [-0.2, 0) is 0 Å². The molecule has 0 unspecified atom stereocenters. The first-order valence-corrected chi connectivity index (χ1v) is 7.13. The lowest BCUT2D eigenvalue weighted by Crippen LogP contribution is -1.78. The largest absolute Gasteiger partial charge is 0.508 e. The van der Waals surface area contributed by atoms with E-state index in [1.54, 1.807) is 54.6 Å². The summed E-state index contributed by atoms with van der Waals surface area (Å²) in [5.41, 5.74) is 1.49. The van der Waals surface area contributed by atoms with Crippen molar-refractivity contribution in [1.29, 1.82) is 0 Å². The molecule has 4 nitrogen and oxygen atoms in total. The molecular weight excluding hydrogens is 323 g/mol. The minimum absolute atomic E-state index is 0.158. The summed E-state index contributed by atoms with van der Waals surface area (Å²) in [5, 5.41) is 18.2. The molecule has 3 rings (SSSR count). The van der Waals surface area contributed by atoms with Gasteiger partial charge in [0, 0.05) is 10.6 Å². The summed E-state index contributed by atoms with van der Waals surface area (Å²) in [4.78, 5) is 0. The van der Waals surface area contributed by atoms with E-state index in [1.807, 2.05) is 0 Å². The van der Waals surface area contributed by atoms with Gasteiger partial charge in [0.15, 0.2) is 0 Å². The van der Waals surface area contributed by atoms with E-state index >= 15 is 0 Å². The Morgan fingerprint density at radius 1 is 1.09 bits per heavy atom. The van der Waals surface area contributed by atoms with E-state index in [2.05, 4.69) is 10.2 Å². The van der Waals surface area contributed by atoms with Gasteiger partial charge < -0.3 is 9.52 Å². The maximum absolute atomic E-state index is 9.44. The Bertz CT molecular complexity index is 826. The van der Waals surface area contributed by atoms with Crippen LogP contribution in [0.1, 0.15) is 11.5 Å². The standard InChI is InChI=1S/C16H10Cl2N2O2/c17-12-6-4-11(5-7-12)15-19-20-16(22-15)14(18)9-10-2-1-3-13(21)8-10/h1-9,21H/b14-9-. The molecule has 3 aromatic rings. The zero-order valence-electron chi connectivity index (χ0n) is 11.2. The van der Waals surface area contributed by atoms with Crippen molar-refractivity contribution in [1.82, 2.24) is 10.2 Å². The maximum atomic E-state index is 9.44. The Balaban J connectivity index is 1.88. The van der Waals surface area contributed by atoms with E-state index in [0.717, 1.165) is 11.1 Å². The predicted octanol–water partition coefficient (Wildman–Crippen LogP) is 4.83. The van der Waals surface area contributed by atoms with Crippen molar-refractivity contribution in [3.8, 4) is 17.2 Å².